The third-order valence-corrected chi connectivity index (χ3v) is 6.51. The molecule has 3 nitrogen and oxygen atoms in total. The fourth-order valence-electron chi connectivity index (χ4n) is 4.53. The Morgan fingerprint density at radius 1 is 1.08 bits per heavy atom. The Balaban J connectivity index is 2.21. The summed E-state index contributed by atoms with van der Waals surface area (Å²) in [7, 11) is 1.60. The van der Waals surface area contributed by atoms with Gasteiger partial charge in [0.15, 0.2) is 0 Å². The number of methoxy groups -OCH3 is 1. The molecular weight excluding hydrogens is 454 g/mol. The zero-order valence-electron chi connectivity index (χ0n) is 21.7. The maximum absolute atomic E-state index is 15.2. The number of allylic oxidation sites excluding steroid dienone is 2. The molecule has 2 aromatic carbocycles. The van der Waals surface area contributed by atoms with Crippen LogP contribution in [0.1, 0.15) is 66.5 Å². The van der Waals surface area contributed by atoms with Crippen molar-refractivity contribution in [3.8, 4) is 5.88 Å². The molecule has 1 heterocycles. The fourth-order valence-corrected chi connectivity index (χ4v) is 4.53. The van der Waals surface area contributed by atoms with Crippen molar-refractivity contribution >= 4 is 6.08 Å². The molecule has 0 fully saturated rings. The Bertz CT molecular complexity index is 1190. The quantitative estimate of drug-likeness (QED) is 0.210. The second-order valence-corrected chi connectivity index (χ2v) is 8.94. The van der Waals surface area contributed by atoms with Crippen molar-refractivity contribution in [2.75, 3.05) is 20.2 Å². The second-order valence-electron chi connectivity index (χ2n) is 8.94. The summed E-state index contributed by atoms with van der Waals surface area (Å²) in [6.45, 7) is 11.6. The minimum atomic E-state index is -0.585. The van der Waals surface area contributed by atoms with Gasteiger partial charge in [-0.05, 0) is 73.7 Å². The van der Waals surface area contributed by atoms with Crippen molar-refractivity contribution in [1.29, 1.82) is 0 Å². The summed E-state index contributed by atoms with van der Waals surface area (Å²) in [4.78, 5) is 4.83. The van der Waals surface area contributed by atoms with Gasteiger partial charge in [0.05, 0.1) is 12.8 Å². The fraction of sp³-hybridized carbons (Fsp3) is 0.323. The van der Waals surface area contributed by atoms with Gasteiger partial charge in [-0.1, -0.05) is 68.5 Å². The van der Waals surface area contributed by atoms with E-state index in [9.17, 15) is 4.39 Å². The highest BCUT2D eigenvalue weighted by atomic mass is 19.1. The molecule has 0 amide bonds. The van der Waals surface area contributed by atoms with Crippen LogP contribution in [0.5, 0.6) is 5.88 Å². The first kappa shape index (κ1) is 27.3. The van der Waals surface area contributed by atoms with Crippen molar-refractivity contribution < 1.29 is 13.5 Å². The molecule has 0 aliphatic heterocycles. The molecule has 0 bridgehead atoms. The topological polar surface area (TPSA) is 34.1 Å². The lowest BCUT2D eigenvalue weighted by Gasteiger charge is -2.30. The predicted molar refractivity (Wildman–Crippen MR) is 145 cm³/mol. The van der Waals surface area contributed by atoms with Gasteiger partial charge in [-0.25, -0.2) is 13.8 Å². The third-order valence-electron chi connectivity index (χ3n) is 6.51. The molecule has 0 spiro atoms. The number of hydrogen-bond acceptors (Lipinski definition) is 3. The van der Waals surface area contributed by atoms with Crippen molar-refractivity contribution in [3.63, 3.8) is 0 Å². The van der Waals surface area contributed by atoms with Crippen LogP contribution >= 0.6 is 0 Å². The second kappa shape index (κ2) is 13.1. The number of pyridine rings is 1. The molecule has 190 valence electrons. The molecule has 0 saturated carbocycles. The molecule has 1 N–H and O–H groups in total. The maximum atomic E-state index is 15.2. The number of nitrogens with zero attached hydrogens (tertiary/aromatic N) is 1. The number of aryl methyl sites for hydroxylation is 1. The van der Waals surface area contributed by atoms with Crippen LogP contribution in [-0.4, -0.2) is 25.2 Å². The predicted octanol–water partition coefficient (Wildman–Crippen LogP) is 7.57. The SMILES string of the molecule is C=C(/C=C\c1nc(OC)c(C(c2ccccc2)[C@H](CCNCC)c2ccc(F)cc2F)cc1C)CC. The van der Waals surface area contributed by atoms with E-state index in [1.165, 1.54) is 6.07 Å². The summed E-state index contributed by atoms with van der Waals surface area (Å²) in [6, 6.07) is 15.9. The largest absolute Gasteiger partial charge is 0.481 e. The first-order valence-corrected chi connectivity index (χ1v) is 12.5. The summed E-state index contributed by atoms with van der Waals surface area (Å²) in [5.41, 5.74) is 5.16. The van der Waals surface area contributed by atoms with E-state index in [1.807, 2.05) is 56.3 Å². The minimum Gasteiger partial charge on any atom is -0.481 e. The molecule has 0 aliphatic carbocycles. The van der Waals surface area contributed by atoms with E-state index in [0.29, 0.717) is 24.4 Å². The third kappa shape index (κ3) is 6.67. The van der Waals surface area contributed by atoms with Gasteiger partial charge in [0, 0.05) is 17.5 Å². The first-order chi connectivity index (χ1) is 17.4. The van der Waals surface area contributed by atoms with Crippen LogP contribution in [0.4, 0.5) is 8.78 Å². The number of aromatic nitrogens is 1. The normalized spacial score (nSPS) is 13.1. The highest BCUT2D eigenvalue weighted by Crippen LogP contribution is 2.44. The molecule has 0 aliphatic rings. The zero-order chi connectivity index (χ0) is 26.1. The summed E-state index contributed by atoms with van der Waals surface area (Å²) >= 11 is 0. The van der Waals surface area contributed by atoms with Crippen molar-refractivity contribution in [2.45, 2.75) is 45.4 Å². The van der Waals surface area contributed by atoms with E-state index in [4.69, 9.17) is 9.72 Å². The standard InChI is InChI=1S/C31H36F2N2O/c1-6-21(3)13-16-29-22(4)19-27(31(35-29)36-5)30(23-11-9-8-10-12-23)26(17-18-34-7-2)25-15-14-24(32)20-28(25)33/h8-16,19-20,26,30,34H,3,6-7,17-18H2,1-2,4-5H3/b16-13-/t26-,30?/m1/s1. The monoisotopic (exact) mass is 490 g/mol. The average Bonchev–Trinajstić information content (AvgIpc) is 2.88. The van der Waals surface area contributed by atoms with Crippen LogP contribution in [0.2, 0.25) is 0 Å². The minimum absolute atomic E-state index is 0.255. The number of hydrogen-bond donors (Lipinski definition) is 1. The van der Waals surface area contributed by atoms with Gasteiger partial charge in [-0.2, -0.15) is 0 Å². The lowest BCUT2D eigenvalue weighted by molar-refractivity contribution is 0.384. The number of benzene rings is 2. The Hall–Kier alpha value is -3.31. The van der Waals surface area contributed by atoms with E-state index >= 15 is 4.39 Å². The Morgan fingerprint density at radius 3 is 2.47 bits per heavy atom. The van der Waals surface area contributed by atoms with E-state index < -0.39 is 11.6 Å². The van der Waals surface area contributed by atoms with E-state index in [-0.39, 0.29) is 11.8 Å². The molecule has 2 atom stereocenters. The maximum Gasteiger partial charge on any atom is 0.217 e. The number of rotatable bonds is 12. The number of nitrogens with one attached hydrogen (secondary N) is 1. The smallest absolute Gasteiger partial charge is 0.217 e. The molecule has 3 rings (SSSR count). The van der Waals surface area contributed by atoms with Crippen LogP contribution in [0, 0.1) is 18.6 Å². The highest BCUT2D eigenvalue weighted by molar-refractivity contribution is 5.56. The van der Waals surface area contributed by atoms with Gasteiger partial charge in [0.2, 0.25) is 5.88 Å². The average molecular weight is 491 g/mol. The van der Waals surface area contributed by atoms with Crippen LogP contribution < -0.4 is 10.1 Å². The van der Waals surface area contributed by atoms with Gasteiger partial charge >= 0.3 is 0 Å². The van der Waals surface area contributed by atoms with Gasteiger partial charge in [-0.3, -0.25) is 0 Å². The Morgan fingerprint density at radius 2 is 1.83 bits per heavy atom. The Kier molecular flexibility index (Phi) is 9.95. The van der Waals surface area contributed by atoms with Gasteiger partial charge < -0.3 is 10.1 Å². The highest BCUT2D eigenvalue weighted by Gasteiger charge is 2.31. The Labute approximate surface area is 213 Å². The van der Waals surface area contributed by atoms with E-state index in [0.717, 1.165) is 47.0 Å². The molecule has 1 unspecified atom stereocenters. The molecule has 0 saturated heterocycles. The van der Waals surface area contributed by atoms with Crippen molar-refractivity contribution in [3.05, 3.63) is 112 Å². The van der Waals surface area contributed by atoms with Crippen molar-refractivity contribution in [1.82, 2.24) is 10.3 Å². The van der Waals surface area contributed by atoms with Crippen LogP contribution in [0.3, 0.4) is 0 Å². The molecule has 36 heavy (non-hydrogen) atoms. The van der Waals surface area contributed by atoms with E-state index in [1.54, 1.807) is 13.2 Å². The summed E-state index contributed by atoms with van der Waals surface area (Å²) in [6.07, 6.45) is 5.43. The van der Waals surface area contributed by atoms with Gasteiger partial charge in [0.25, 0.3) is 0 Å². The first-order valence-electron chi connectivity index (χ1n) is 12.5. The van der Waals surface area contributed by atoms with Gasteiger partial charge in [-0.15, -0.1) is 0 Å². The van der Waals surface area contributed by atoms with Crippen LogP contribution in [0.15, 0.2) is 72.8 Å². The molecule has 3 aromatic rings. The lowest BCUT2D eigenvalue weighted by Crippen LogP contribution is -2.22. The summed E-state index contributed by atoms with van der Waals surface area (Å²) in [5, 5.41) is 3.36. The van der Waals surface area contributed by atoms with Gasteiger partial charge in [0.1, 0.15) is 11.6 Å². The molecule has 5 heteroatoms. The van der Waals surface area contributed by atoms with Crippen LogP contribution in [0.25, 0.3) is 6.08 Å². The molecular formula is C31H36F2N2O. The van der Waals surface area contributed by atoms with E-state index in [2.05, 4.69) is 24.9 Å². The molecule has 0 radical (unpaired) electrons. The lowest BCUT2D eigenvalue weighted by atomic mass is 9.75. The van der Waals surface area contributed by atoms with Crippen LogP contribution in [-0.2, 0) is 0 Å². The van der Waals surface area contributed by atoms with Crippen molar-refractivity contribution in [2.24, 2.45) is 0 Å². The summed E-state index contributed by atoms with van der Waals surface area (Å²) in [5.74, 6) is -1.17. The number of ether oxygens (including phenoxy) is 1. The number of halogens is 2. The molecule has 1 aromatic heterocycles. The summed E-state index contributed by atoms with van der Waals surface area (Å²) < 4.78 is 34.9. The zero-order valence-corrected chi connectivity index (χ0v) is 21.7.